The summed E-state index contributed by atoms with van der Waals surface area (Å²) in [6.07, 6.45) is 0. The molecule has 0 saturated heterocycles. The Morgan fingerprint density at radius 3 is 1.62 bits per heavy atom. The van der Waals surface area contributed by atoms with E-state index in [1.807, 2.05) is 18.2 Å². The van der Waals surface area contributed by atoms with Gasteiger partial charge in [-0.15, -0.1) is 0 Å². The van der Waals surface area contributed by atoms with Crippen LogP contribution in [-0.2, 0) is 6.54 Å². The topological polar surface area (TPSA) is 20.2 Å². The third kappa shape index (κ3) is 10.4. The van der Waals surface area contributed by atoms with E-state index in [4.69, 9.17) is 0 Å². The van der Waals surface area contributed by atoms with Gasteiger partial charge in [0.15, 0.2) is 0 Å². The quantitative estimate of drug-likeness (QED) is 0.372. The first kappa shape index (κ1) is 20.6. The summed E-state index contributed by atoms with van der Waals surface area (Å²) in [7, 11) is 4.37. The van der Waals surface area contributed by atoms with E-state index in [1.54, 1.807) is 12.1 Å². The average Bonchev–Trinajstić information content (AvgIpc) is 2.39. The van der Waals surface area contributed by atoms with Gasteiger partial charge < -0.3 is 5.11 Å². The van der Waals surface area contributed by atoms with Crippen LogP contribution in [0.25, 0.3) is 0 Å². The van der Waals surface area contributed by atoms with Crippen LogP contribution in [0.3, 0.4) is 0 Å². The summed E-state index contributed by atoms with van der Waals surface area (Å²) in [4.78, 5) is 0. The Kier molecular flexibility index (Phi) is 5.29. The van der Waals surface area contributed by atoms with Crippen LogP contribution in [0.2, 0.25) is 0 Å². The minimum atomic E-state index is -11.2. The molecule has 0 heterocycles. The molecule has 0 amide bonds. The van der Waals surface area contributed by atoms with Crippen LogP contribution >= 0.6 is 0 Å². The molecule has 2 aromatic carbocycles. The Labute approximate surface area is 138 Å². The van der Waals surface area contributed by atoms with Gasteiger partial charge in [-0.3, -0.25) is 4.48 Å². The molecule has 0 bridgehead atoms. The molecule has 2 nitrogen and oxygen atoms in total. The van der Waals surface area contributed by atoms with Crippen LogP contribution in [0.5, 0.6) is 5.75 Å². The van der Waals surface area contributed by atoms with Crippen LogP contribution in [-0.4, -0.2) is 38.7 Å². The zero-order chi connectivity index (χ0) is 18.7. The molecular formula is C15H18F6NOSb. The van der Waals surface area contributed by atoms with Crippen molar-refractivity contribution in [1.82, 2.24) is 4.48 Å². The summed E-state index contributed by atoms with van der Waals surface area (Å²) in [6.45, 7) is 0.907. The van der Waals surface area contributed by atoms with Gasteiger partial charge in [0.05, 0.1) is 14.1 Å². The van der Waals surface area contributed by atoms with Crippen molar-refractivity contribution in [2.75, 3.05) is 14.1 Å². The first-order valence-corrected chi connectivity index (χ1v) is 12.5. The molecule has 9 heteroatoms. The van der Waals surface area contributed by atoms with E-state index < -0.39 is 19.5 Å². The maximum absolute atomic E-state index is 11.2. The number of benzene rings is 2. The van der Waals surface area contributed by atoms with Crippen LogP contribution in [0, 0.1) is 0 Å². The minimum absolute atomic E-state index is 0.318. The zero-order valence-corrected chi connectivity index (χ0v) is 15.6. The molecule has 0 aliphatic heterocycles. The number of rotatable bonds is 3. The summed E-state index contributed by atoms with van der Waals surface area (Å²) in [5.41, 5.74) is 2.50. The Bertz CT molecular complexity index is 657. The molecule has 2 rings (SSSR count). The standard InChI is InChI=1S/C15H17NO.6FH.Sb/c1-16(2,14-6-4-3-5-7-14)12-13-8-10-15(17)11-9-13;;;;;;;/h3-11H,12H2,1-2H3;6*1H;/q;;;;;;;+5/p-5. The van der Waals surface area contributed by atoms with Gasteiger partial charge in [0, 0.05) is 5.56 Å². The molecule has 2 aromatic rings. The zero-order valence-electron chi connectivity index (χ0n) is 13.0. The fraction of sp³-hybridized carbons (Fsp3) is 0.200. The number of nitrogens with zero attached hydrogens (tertiary/aromatic N) is 1. The monoisotopic (exact) mass is 463 g/mol. The molecule has 24 heavy (non-hydrogen) atoms. The molecule has 0 aliphatic rings. The van der Waals surface area contributed by atoms with Crippen molar-refractivity contribution in [3.05, 3.63) is 60.2 Å². The van der Waals surface area contributed by atoms with Gasteiger partial charge in [-0.25, -0.2) is 0 Å². The van der Waals surface area contributed by atoms with E-state index in [-0.39, 0.29) is 0 Å². The van der Waals surface area contributed by atoms with Crippen molar-refractivity contribution in [2.45, 2.75) is 6.54 Å². The van der Waals surface area contributed by atoms with E-state index >= 15 is 0 Å². The molecular weight excluding hydrogens is 446 g/mol. The molecule has 0 aliphatic carbocycles. The van der Waals surface area contributed by atoms with E-state index in [0.29, 0.717) is 5.75 Å². The molecule has 0 radical (unpaired) electrons. The first-order valence-electron chi connectivity index (χ1n) is 6.76. The molecule has 1 N–H and O–H groups in total. The summed E-state index contributed by atoms with van der Waals surface area (Å²) in [6, 6.07) is 17.8. The van der Waals surface area contributed by atoms with Crippen LogP contribution in [0.15, 0.2) is 54.6 Å². The number of aromatic hydroxyl groups is 1. The molecule has 136 valence electrons. The Morgan fingerprint density at radius 2 is 1.21 bits per heavy atom. The Morgan fingerprint density at radius 1 is 0.792 bits per heavy atom. The second-order valence-corrected chi connectivity index (χ2v) is 11.3. The van der Waals surface area contributed by atoms with Crippen LogP contribution < -0.4 is 4.48 Å². The van der Waals surface area contributed by atoms with Gasteiger partial charge in [-0.1, -0.05) is 18.2 Å². The van der Waals surface area contributed by atoms with Crippen LogP contribution in [0.4, 0.5) is 22.6 Å². The normalized spacial score (nSPS) is 14.8. The molecule has 0 aromatic heterocycles. The number of halogens is 6. The number of phenols is 1. The van der Waals surface area contributed by atoms with Crippen molar-refractivity contribution in [3.63, 3.8) is 0 Å². The van der Waals surface area contributed by atoms with Crippen molar-refractivity contribution < 1.29 is 22.0 Å². The fourth-order valence-electron chi connectivity index (χ4n) is 1.98. The van der Waals surface area contributed by atoms with Crippen molar-refractivity contribution in [1.29, 1.82) is 0 Å². The summed E-state index contributed by atoms with van der Waals surface area (Å²) in [5, 5.41) is 9.27. The van der Waals surface area contributed by atoms with E-state index in [2.05, 4.69) is 38.4 Å². The van der Waals surface area contributed by atoms with Gasteiger partial charge in [0.25, 0.3) is 0 Å². The van der Waals surface area contributed by atoms with Crippen molar-refractivity contribution in [2.24, 2.45) is 0 Å². The number of quaternary nitrogens is 1. The predicted molar refractivity (Wildman–Crippen MR) is 84.3 cm³/mol. The molecule has 0 spiro atoms. The maximum atomic E-state index is 9.93. The average molecular weight is 464 g/mol. The molecule has 0 unspecified atom stereocenters. The molecule has 0 atom stereocenters. The fourth-order valence-corrected chi connectivity index (χ4v) is 1.98. The number of hydrogen-bond acceptors (Lipinski definition) is 1. The van der Waals surface area contributed by atoms with Gasteiger partial charge in [0.2, 0.25) is 0 Å². The third-order valence-corrected chi connectivity index (χ3v) is 2.97. The summed E-state index contributed by atoms with van der Waals surface area (Å²) >= 11 is -11.2. The van der Waals surface area contributed by atoms with Crippen LogP contribution in [0.1, 0.15) is 5.56 Å². The number of phenolic OH excluding ortho intramolecular Hbond substituents is 1. The van der Waals surface area contributed by atoms with E-state index in [9.17, 15) is 22.0 Å². The summed E-state index contributed by atoms with van der Waals surface area (Å²) < 4.78 is 60.3. The SMILES string of the molecule is C[N+](C)(Cc1ccc(O)cc1)c1ccccc1.[F][Sb-]([F])([F])([F])([F])[F]. The Hall–Kier alpha value is -1.40. The predicted octanol–water partition coefficient (Wildman–Crippen LogP) is 5.30. The first-order chi connectivity index (χ1) is 10.5. The molecule has 0 fully saturated rings. The van der Waals surface area contributed by atoms with Gasteiger partial charge in [0.1, 0.15) is 18.0 Å². The van der Waals surface area contributed by atoms with Crippen molar-refractivity contribution in [3.8, 4) is 5.75 Å². The second kappa shape index (κ2) is 6.15. The number of hydrogen-bond donors (Lipinski definition) is 1. The molecule has 0 saturated carbocycles. The summed E-state index contributed by atoms with van der Waals surface area (Å²) in [5.74, 6) is 0.318. The second-order valence-electron chi connectivity index (χ2n) is 5.80. The van der Waals surface area contributed by atoms with Gasteiger partial charge in [-0.2, -0.15) is 0 Å². The van der Waals surface area contributed by atoms with E-state index in [1.165, 1.54) is 11.3 Å². The Balaban J connectivity index is 0.000000351. The number of para-hydroxylation sites is 1. The van der Waals surface area contributed by atoms with Gasteiger partial charge >= 0.3 is 36.4 Å². The third-order valence-electron chi connectivity index (χ3n) is 2.97. The van der Waals surface area contributed by atoms with Gasteiger partial charge in [-0.05, 0) is 36.4 Å². The van der Waals surface area contributed by atoms with E-state index in [0.717, 1.165) is 11.0 Å². The van der Waals surface area contributed by atoms with Crippen molar-refractivity contribution >= 4 is 25.2 Å².